The maximum absolute atomic E-state index is 12.8. The van der Waals surface area contributed by atoms with Gasteiger partial charge in [0.25, 0.3) is 0 Å². The topological polar surface area (TPSA) is 102 Å². The SMILES string of the molecule is CC1CCN(S(=O)(=O)c2ccc(NC(=O)CCCn3c(=O)oc4ccccc43)cc2)CC1. The Balaban J connectivity index is 1.32. The number of aryl methyl sites for hydroxylation is 1. The van der Waals surface area contributed by atoms with Crippen LogP contribution < -0.4 is 11.1 Å². The molecule has 1 aliphatic heterocycles. The highest BCUT2D eigenvalue weighted by molar-refractivity contribution is 7.89. The van der Waals surface area contributed by atoms with Crippen molar-refractivity contribution in [1.29, 1.82) is 0 Å². The van der Waals surface area contributed by atoms with Gasteiger partial charge in [0.2, 0.25) is 15.9 Å². The van der Waals surface area contributed by atoms with E-state index in [1.54, 1.807) is 30.3 Å². The summed E-state index contributed by atoms with van der Waals surface area (Å²) in [7, 11) is -3.51. The Labute approximate surface area is 186 Å². The van der Waals surface area contributed by atoms with E-state index in [1.165, 1.54) is 21.0 Å². The third-order valence-electron chi connectivity index (χ3n) is 5.88. The number of oxazole rings is 1. The maximum Gasteiger partial charge on any atom is 0.419 e. The first-order valence-electron chi connectivity index (χ1n) is 10.8. The molecule has 8 nitrogen and oxygen atoms in total. The van der Waals surface area contributed by atoms with Crippen molar-refractivity contribution < 1.29 is 17.6 Å². The zero-order chi connectivity index (χ0) is 22.7. The van der Waals surface area contributed by atoms with Crippen molar-refractivity contribution in [3.8, 4) is 0 Å². The number of nitrogens with zero attached hydrogens (tertiary/aromatic N) is 2. The van der Waals surface area contributed by atoms with Crippen LogP contribution in [-0.2, 0) is 21.4 Å². The van der Waals surface area contributed by atoms with Crippen LogP contribution in [-0.4, -0.2) is 36.3 Å². The second-order valence-corrected chi connectivity index (χ2v) is 10.2. The van der Waals surface area contributed by atoms with Gasteiger partial charge in [-0.2, -0.15) is 4.31 Å². The van der Waals surface area contributed by atoms with Crippen molar-refractivity contribution in [2.45, 2.75) is 44.0 Å². The van der Waals surface area contributed by atoms with E-state index >= 15 is 0 Å². The molecule has 32 heavy (non-hydrogen) atoms. The molecule has 1 amide bonds. The first-order chi connectivity index (χ1) is 15.3. The second-order valence-electron chi connectivity index (χ2n) is 8.25. The molecule has 0 atom stereocenters. The van der Waals surface area contributed by atoms with Gasteiger partial charge in [0.15, 0.2) is 5.58 Å². The summed E-state index contributed by atoms with van der Waals surface area (Å²) in [5.74, 6) is -0.0945. The molecule has 2 aromatic carbocycles. The number of piperidine rings is 1. The van der Waals surface area contributed by atoms with E-state index in [2.05, 4.69) is 12.2 Å². The van der Waals surface area contributed by atoms with Crippen LogP contribution in [0.4, 0.5) is 5.69 Å². The fourth-order valence-corrected chi connectivity index (χ4v) is 5.40. The molecule has 3 aromatic rings. The number of hydrogen-bond donors (Lipinski definition) is 1. The molecule has 0 bridgehead atoms. The van der Waals surface area contributed by atoms with Crippen LogP contribution in [0.3, 0.4) is 0 Å². The van der Waals surface area contributed by atoms with Gasteiger partial charge in [-0.15, -0.1) is 0 Å². The third kappa shape index (κ3) is 4.78. The quantitative estimate of drug-likeness (QED) is 0.586. The summed E-state index contributed by atoms with van der Waals surface area (Å²) in [6.45, 7) is 3.58. The molecule has 1 saturated heterocycles. The summed E-state index contributed by atoms with van der Waals surface area (Å²) in [6.07, 6.45) is 2.43. The molecule has 1 aliphatic rings. The maximum atomic E-state index is 12.8. The average molecular weight is 458 g/mol. The summed E-state index contributed by atoms with van der Waals surface area (Å²) in [6, 6.07) is 13.4. The number of carbonyl (C=O) groups excluding carboxylic acids is 1. The lowest BCUT2D eigenvalue weighted by atomic mass is 10.0. The lowest BCUT2D eigenvalue weighted by molar-refractivity contribution is -0.116. The third-order valence-corrected chi connectivity index (χ3v) is 7.79. The van der Waals surface area contributed by atoms with Crippen LogP contribution >= 0.6 is 0 Å². The van der Waals surface area contributed by atoms with E-state index in [9.17, 15) is 18.0 Å². The number of aromatic nitrogens is 1. The van der Waals surface area contributed by atoms with Crippen molar-refractivity contribution >= 4 is 32.7 Å². The molecule has 9 heteroatoms. The summed E-state index contributed by atoms with van der Waals surface area (Å²) >= 11 is 0. The summed E-state index contributed by atoms with van der Waals surface area (Å²) < 4.78 is 33.9. The van der Waals surface area contributed by atoms with Crippen molar-refractivity contribution in [3.05, 3.63) is 59.1 Å². The van der Waals surface area contributed by atoms with Gasteiger partial charge in [-0.05, 0) is 61.6 Å². The molecule has 0 unspecified atom stereocenters. The van der Waals surface area contributed by atoms with E-state index in [0.717, 1.165) is 12.8 Å². The van der Waals surface area contributed by atoms with E-state index in [0.29, 0.717) is 48.8 Å². The monoisotopic (exact) mass is 457 g/mol. The van der Waals surface area contributed by atoms with Crippen molar-refractivity contribution in [1.82, 2.24) is 8.87 Å². The van der Waals surface area contributed by atoms with Gasteiger partial charge in [-0.25, -0.2) is 13.2 Å². The van der Waals surface area contributed by atoms with Gasteiger partial charge in [-0.3, -0.25) is 9.36 Å². The lowest BCUT2D eigenvalue weighted by Gasteiger charge is -2.29. The zero-order valence-corrected chi connectivity index (χ0v) is 18.8. The van der Waals surface area contributed by atoms with Crippen LogP contribution in [0.5, 0.6) is 0 Å². The second kappa shape index (κ2) is 9.30. The molecule has 4 rings (SSSR count). The highest BCUT2D eigenvalue weighted by atomic mass is 32.2. The summed E-state index contributed by atoms with van der Waals surface area (Å²) in [4.78, 5) is 24.5. The van der Waals surface area contributed by atoms with E-state index in [4.69, 9.17) is 4.42 Å². The Bertz CT molecular complexity index is 1250. The van der Waals surface area contributed by atoms with Gasteiger partial charge < -0.3 is 9.73 Å². The molecule has 0 radical (unpaired) electrons. The Morgan fingerprint density at radius 3 is 2.50 bits per heavy atom. The van der Waals surface area contributed by atoms with Crippen molar-refractivity contribution in [2.75, 3.05) is 18.4 Å². The molecule has 0 aliphatic carbocycles. The number of benzene rings is 2. The number of amides is 1. The van der Waals surface area contributed by atoms with Gasteiger partial charge in [0, 0.05) is 31.7 Å². The van der Waals surface area contributed by atoms with E-state index < -0.39 is 15.8 Å². The van der Waals surface area contributed by atoms with Crippen LogP contribution in [0, 0.1) is 5.92 Å². The Morgan fingerprint density at radius 1 is 1.09 bits per heavy atom. The Hall–Kier alpha value is -2.91. The number of fused-ring (bicyclic) bond motifs is 1. The minimum atomic E-state index is -3.51. The number of carbonyl (C=O) groups is 1. The average Bonchev–Trinajstić information content (AvgIpc) is 3.09. The fourth-order valence-electron chi connectivity index (χ4n) is 3.93. The number of rotatable bonds is 7. The molecular formula is C23H27N3O5S. The first-order valence-corrected chi connectivity index (χ1v) is 12.3. The predicted molar refractivity (Wildman–Crippen MR) is 122 cm³/mol. The van der Waals surface area contributed by atoms with Crippen LogP contribution in [0.25, 0.3) is 11.1 Å². The Kier molecular flexibility index (Phi) is 6.48. The minimum absolute atomic E-state index is 0.202. The largest absolute Gasteiger partial charge is 0.419 e. The predicted octanol–water partition coefficient (Wildman–Crippen LogP) is 3.43. The minimum Gasteiger partial charge on any atom is -0.408 e. The standard InChI is InChI=1S/C23H27N3O5S/c1-17-12-15-25(16-13-17)32(29,30)19-10-8-18(9-11-19)24-22(27)7-4-14-26-20-5-2-3-6-21(20)31-23(26)28/h2-3,5-6,8-11,17H,4,7,12-16H2,1H3,(H,24,27). The number of anilines is 1. The van der Waals surface area contributed by atoms with Gasteiger partial charge in [0.1, 0.15) is 0 Å². The lowest BCUT2D eigenvalue weighted by Crippen LogP contribution is -2.37. The Morgan fingerprint density at radius 2 is 1.78 bits per heavy atom. The molecule has 0 spiro atoms. The van der Waals surface area contributed by atoms with Crippen molar-refractivity contribution in [3.63, 3.8) is 0 Å². The summed E-state index contributed by atoms with van der Waals surface area (Å²) in [5.41, 5.74) is 1.76. The van der Waals surface area contributed by atoms with Crippen LogP contribution in [0.1, 0.15) is 32.6 Å². The number of nitrogens with one attached hydrogen (secondary N) is 1. The molecular weight excluding hydrogens is 430 g/mol. The smallest absolute Gasteiger partial charge is 0.408 e. The molecule has 170 valence electrons. The van der Waals surface area contributed by atoms with Gasteiger partial charge in [-0.1, -0.05) is 19.1 Å². The molecule has 1 fully saturated rings. The molecule has 1 aromatic heterocycles. The van der Waals surface area contributed by atoms with E-state index in [1.807, 2.05) is 6.07 Å². The molecule has 2 heterocycles. The molecule has 0 saturated carbocycles. The first kappa shape index (κ1) is 22.3. The van der Waals surface area contributed by atoms with Crippen LogP contribution in [0.2, 0.25) is 0 Å². The number of hydrogen-bond acceptors (Lipinski definition) is 5. The summed E-state index contributed by atoms with van der Waals surface area (Å²) in [5, 5.41) is 2.78. The zero-order valence-electron chi connectivity index (χ0n) is 18.0. The van der Waals surface area contributed by atoms with Gasteiger partial charge in [0.05, 0.1) is 10.4 Å². The van der Waals surface area contributed by atoms with Crippen molar-refractivity contribution in [2.24, 2.45) is 5.92 Å². The number of para-hydroxylation sites is 2. The highest BCUT2D eigenvalue weighted by Gasteiger charge is 2.27. The van der Waals surface area contributed by atoms with Gasteiger partial charge >= 0.3 is 5.76 Å². The van der Waals surface area contributed by atoms with Crippen LogP contribution in [0.15, 0.2) is 62.6 Å². The fraction of sp³-hybridized carbons (Fsp3) is 0.391. The number of sulfonamides is 1. The highest BCUT2D eigenvalue weighted by Crippen LogP contribution is 2.24. The van der Waals surface area contributed by atoms with E-state index in [-0.39, 0.29) is 17.2 Å². The molecule has 1 N–H and O–H groups in total. The normalized spacial score (nSPS) is 15.8.